The lowest BCUT2D eigenvalue weighted by Gasteiger charge is -2.32. The Morgan fingerprint density at radius 3 is 1.30 bits per heavy atom. The zero-order chi connectivity index (χ0) is 8.41. The van der Waals surface area contributed by atoms with E-state index in [-0.39, 0.29) is 0 Å². The Hall–Kier alpha value is 0.300. The van der Waals surface area contributed by atoms with Gasteiger partial charge in [0.15, 0.2) is 0 Å². The van der Waals surface area contributed by atoms with Crippen LogP contribution in [0.15, 0.2) is 0 Å². The minimum absolute atomic E-state index is 0.747. The Labute approximate surface area is 57.7 Å². The van der Waals surface area contributed by atoms with Crippen molar-refractivity contribution in [2.24, 2.45) is 0 Å². The molecular weight excluding hydrogens is 182 g/mol. The van der Waals surface area contributed by atoms with Crippen LogP contribution >= 0.6 is 14.6 Å². The minimum Gasteiger partial charge on any atom is -0.772 e. The molecule has 0 spiro atoms. The first-order valence-electron chi connectivity index (χ1n) is 2.11. The molecule has 0 amide bonds. The molecule has 0 aromatic heterocycles. The van der Waals surface area contributed by atoms with Crippen LogP contribution < -0.4 is 9.79 Å². The summed E-state index contributed by atoms with van der Waals surface area (Å²) in [5.74, 6) is 0. The lowest BCUT2D eigenvalue weighted by Crippen LogP contribution is -2.12. The molecule has 62 valence electrons. The van der Waals surface area contributed by atoms with E-state index in [1.807, 2.05) is 0 Å². The Morgan fingerprint density at radius 1 is 1.00 bits per heavy atom. The zero-order valence-corrected chi connectivity index (χ0v) is 7.13. The molecule has 2 atom stereocenters. The highest BCUT2D eigenvalue weighted by molar-refractivity contribution is 8.25. The first-order chi connectivity index (χ1) is 4.37. The van der Waals surface area contributed by atoms with Gasteiger partial charge >= 0.3 is 0 Å². The summed E-state index contributed by atoms with van der Waals surface area (Å²) in [6, 6.07) is 0. The van der Waals surface area contributed by atoms with E-state index in [9.17, 15) is 18.9 Å². The molecule has 0 aliphatic carbocycles. The van der Waals surface area contributed by atoms with Crippen LogP contribution in [0.5, 0.6) is 0 Å². The predicted molar refractivity (Wildman–Crippen MR) is 29.2 cm³/mol. The standard InChI is InChI=1S/C2H8O6P2/c1-7-9(3,4)10(5,6)8-2/h1-2H3,(H,3,4)(H,5,6)/p-2. The van der Waals surface area contributed by atoms with Crippen molar-refractivity contribution in [1.29, 1.82) is 0 Å². The minimum atomic E-state index is -4.85. The molecule has 0 aromatic carbocycles. The van der Waals surface area contributed by atoms with Gasteiger partial charge in [0.25, 0.3) is 0 Å². The molecule has 2 unspecified atom stereocenters. The second-order valence-electron chi connectivity index (χ2n) is 1.30. The molecule has 0 radical (unpaired) electrons. The smallest absolute Gasteiger partial charge is 0.205 e. The second kappa shape index (κ2) is 3.13. The monoisotopic (exact) mass is 188 g/mol. The Kier molecular flexibility index (Phi) is 3.23. The first kappa shape index (κ1) is 10.3. The number of hydrogen-bond acceptors (Lipinski definition) is 6. The van der Waals surface area contributed by atoms with Gasteiger partial charge in [0, 0.05) is 14.2 Å². The summed E-state index contributed by atoms with van der Waals surface area (Å²) in [4.78, 5) is 20.7. The van der Waals surface area contributed by atoms with E-state index < -0.39 is 14.6 Å². The van der Waals surface area contributed by atoms with Gasteiger partial charge in [-0.05, 0) is 0 Å². The summed E-state index contributed by atoms with van der Waals surface area (Å²) >= 11 is 0. The Bertz CT molecular complexity index is 176. The molecule has 0 saturated carbocycles. The molecule has 6 nitrogen and oxygen atoms in total. The van der Waals surface area contributed by atoms with Gasteiger partial charge in [-0.3, -0.25) is 9.13 Å². The summed E-state index contributed by atoms with van der Waals surface area (Å²) in [6.07, 6.45) is 0. The van der Waals surface area contributed by atoms with E-state index in [2.05, 4.69) is 9.05 Å². The zero-order valence-electron chi connectivity index (χ0n) is 5.34. The van der Waals surface area contributed by atoms with E-state index >= 15 is 0 Å². The summed E-state index contributed by atoms with van der Waals surface area (Å²) in [5, 5.41) is 0. The van der Waals surface area contributed by atoms with Gasteiger partial charge in [0.05, 0.1) is 0 Å². The summed E-state index contributed by atoms with van der Waals surface area (Å²) in [7, 11) is -8.20. The summed E-state index contributed by atoms with van der Waals surface area (Å²) in [5.41, 5.74) is 0. The quantitative estimate of drug-likeness (QED) is 0.543. The lowest BCUT2D eigenvalue weighted by molar-refractivity contribution is -0.220. The van der Waals surface area contributed by atoms with Crippen molar-refractivity contribution in [1.82, 2.24) is 0 Å². The third-order valence-electron chi connectivity index (χ3n) is 0.761. The fourth-order valence-electron chi connectivity index (χ4n) is 0.200. The van der Waals surface area contributed by atoms with Crippen LogP contribution in [0.1, 0.15) is 0 Å². The van der Waals surface area contributed by atoms with E-state index in [0.29, 0.717) is 0 Å². The molecule has 0 aromatic rings. The second-order valence-corrected chi connectivity index (χ2v) is 6.85. The molecule has 0 N–H and O–H groups in total. The molecular formula is C2H6O6P2-2. The Morgan fingerprint density at radius 2 is 1.20 bits per heavy atom. The largest absolute Gasteiger partial charge is 0.772 e. The van der Waals surface area contributed by atoms with Crippen molar-refractivity contribution in [3.8, 4) is 0 Å². The first-order valence-corrected chi connectivity index (χ1v) is 5.90. The maximum absolute atomic E-state index is 10.4. The molecule has 10 heavy (non-hydrogen) atoms. The van der Waals surface area contributed by atoms with Crippen molar-refractivity contribution in [2.45, 2.75) is 0 Å². The molecule has 8 heteroatoms. The van der Waals surface area contributed by atoms with Crippen LogP contribution in [0, 0.1) is 0 Å². The molecule has 0 rings (SSSR count). The highest BCUT2D eigenvalue weighted by Crippen LogP contribution is 2.71. The predicted octanol–water partition coefficient (Wildman–Crippen LogP) is -0.699. The van der Waals surface area contributed by atoms with Gasteiger partial charge in [0.1, 0.15) is 0 Å². The van der Waals surface area contributed by atoms with E-state index in [0.717, 1.165) is 14.2 Å². The van der Waals surface area contributed by atoms with Gasteiger partial charge in [-0.15, -0.1) is 0 Å². The number of rotatable bonds is 3. The van der Waals surface area contributed by atoms with Gasteiger partial charge < -0.3 is 18.8 Å². The average Bonchev–Trinajstić information content (AvgIpc) is 1.88. The fourth-order valence-corrected chi connectivity index (χ4v) is 1.80. The van der Waals surface area contributed by atoms with E-state index in [4.69, 9.17) is 0 Å². The topological polar surface area (TPSA) is 98.7 Å². The van der Waals surface area contributed by atoms with Gasteiger partial charge in [-0.2, -0.15) is 0 Å². The Balaban J connectivity index is 4.64. The molecule has 0 aliphatic rings. The van der Waals surface area contributed by atoms with Crippen LogP contribution in [0.3, 0.4) is 0 Å². The lowest BCUT2D eigenvalue weighted by atomic mass is 11.8. The highest BCUT2D eigenvalue weighted by Gasteiger charge is 2.22. The fraction of sp³-hybridized carbons (Fsp3) is 1.00. The van der Waals surface area contributed by atoms with Crippen molar-refractivity contribution >= 4 is 14.6 Å². The van der Waals surface area contributed by atoms with Crippen LogP contribution in [-0.4, -0.2) is 14.2 Å². The van der Waals surface area contributed by atoms with Gasteiger partial charge in [-0.1, -0.05) is 0 Å². The van der Waals surface area contributed by atoms with Crippen molar-refractivity contribution in [3.63, 3.8) is 0 Å². The normalized spacial score (nSPS) is 23.2. The average molecular weight is 188 g/mol. The molecule has 0 saturated heterocycles. The van der Waals surface area contributed by atoms with E-state index in [1.54, 1.807) is 0 Å². The highest BCUT2D eigenvalue weighted by atomic mass is 32.1. The van der Waals surface area contributed by atoms with Crippen molar-refractivity contribution in [2.75, 3.05) is 14.2 Å². The SMILES string of the molecule is COP(=O)([O-])P(=O)([O-])OC. The third kappa shape index (κ3) is 1.89. The maximum atomic E-state index is 10.4. The van der Waals surface area contributed by atoms with Gasteiger partial charge in [-0.25, -0.2) is 0 Å². The van der Waals surface area contributed by atoms with Crippen molar-refractivity contribution in [3.05, 3.63) is 0 Å². The van der Waals surface area contributed by atoms with E-state index in [1.165, 1.54) is 0 Å². The molecule has 0 fully saturated rings. The van der Waals surface area contributed by atoms with Crippen LogP contribution in [0.4, 0.5) is 0 Å². The molecule has 0 heterocycles. The van der Waals surface area contributed by atoms with Crippen molar-refractivity contribution < 1.29 is 28.0 Å². The molecule has 0 aliphatic heterocycles. The summed E-state index contributed by atoms with van der Waals surface area (Å²) < 4.78 is 28.1. The van der Waals surface area contributed by atoms with Crippen LogP contribution in [0.2, 0.25) is 0 Å². The van der Waals surface area contributed by atoms with Gasteiger partial charge in [0.2, 0.25) is 14.6 Å². The maximum Gasteiger partial charge on any atom is 0.205 e. The molecule has 0 bridgehead atoms. The number of hydrogen-bond donors (Lipinski definition) is 0. The van der Waals surface area contributed by atoms with Crippen LogP contribution in [-0.2, 0) is 18.2 Å². The van der Waals surface area contributed by atoms with Crippen LogP contribution in [0.25, 0.3) is 0 Å². The third-order valence-corrected chi connectivity index (χ3v) is 5.06. The summed E-state index contributed by atoms with van der Waals surface area (Å²) in [6.45, 7) is 0.